The maximum absolute atomic E-state index is 10.2. The molecule has 0 heterocycles. The number of phenolic OH excluding ortho intramolecular Hbond substituents is 1. The van der Waals surface area contributed by atoms with Crippen LogP contribution in [0.5, 0.6) is 5.75 Å². The monoisotopic (exact) mass is 288 g/mol. The van der Waals surface area contributed by atoms with Gasteiger partial charge in [0, 0.05) is 0 Å². The number of hydrogen-bond acceptors (Lipinski definition) is 1. The van der Waals surface area contributed by atoms with Crippen LogP contribution in [0.2, 0.25) is 0 Å². The third kappa shape index (κ3) is 3.81. The minimum atomic E-state index is 0.340. The molecule has 2 atom stereocenters. The Hall–Kier alpha value is -0.980. The largest absolute Gasteiger partial charge is 0.508 e. The molecule has 0 saturated heterocycles. The Bertz CT molecular complexity index is 453. The van der Waals surface area contributed by atoms with E-state index in [0.29, 0.717) is 22.5 Å². The molecule has 1 N–H and O–H groups in total. The van der Waals surface area contributed by atoms with Gasteiger partial charge in [-0.15, -0.1) is 0 Å². The number of para-hydroxylation sites is 1. The van der Waals surface area contributed by atoms with Crippen molar-refractivity contribution in [2.75, 3.05) is 0 Å². The zero-order valence-electron chi connectivity index (χ0n) is 14.6. The third-order valence-corrected chi connectivity index (χ3v) is 5.53. The second kappa shape index (κ2) is 5.66. The molecule has 1 fully saturated rings. The Morgan fingerprint density at radius 3 is 1.71 bits per heavy atom. The molecule has 1 saturated carbocycles. The smallest absolute Gasteiger partial charge is 0.119 e. The molecule has 1 aromatic rings. The van der Waals surface area contributed by atoms with Gasteiger partial charge in [0.15, 0.2) is 0 Å². The average molecular weight is 288 g/mol. The van der Waals surface area contributed by atoms with Crippen molar-refractivity contribution in [3.63, 3.8) is 0 Å². The molecule has 1 aliphatic rings. The Morgan fingerprint density at radius 1 is 0.810 bits per heavy atom. The predicted octanol–water partition coefficient (Wildman–Crippen LogP) is 5.98. The molecule has 0 bridgehead atoms. The van der Waals surface area contributed by atoms with Crippen LogP contribution < -0.4 is 0 Å². The van der Waals surface area contributed by atoms with Gasteiger partial charge in [-0.3, -0.25) is 0 Å². The number of rotatable bonds is 1. The number of aromatic hydroxyl groups is 1. The van der Waals surface area contributed by atoms with Crippen LogP contribution in [0.4, 0.5) is 0 Å². The average Bonchev–Trinajstić information content (AvgIpc) is 2.36. The molecule has 1 heteroatoms. The summed E-state index contributed by atoms with van der Waals surface area (Å²) in [6.45, 7) is 14.2. The van der Waals surface area contributed by atoms with E-state index in [1.165, 1.54) is 19.3 Å². The standard InChI is InChI=1S/C20H32O/c1-19(2,3)15-11-14(12-16(13-15)20(4,5)6)17-9-7-8-10-18(17)21/h7-10,14-16,21H,11-13H2,1-6H3. The van der Waals surface area contributed by atoms with Crippen molar-refractivity contribution in [1.29, 1.82) is 0 Å². The van der Waals surface area contributed by atoms with E-state index in [9.17, 15) is 5.11 Å². The minimum Gasteiger partial charge on any atom is -0.508 e. The lowest BCUT2D eigenvalue weighted by molar-refractivity contribution is 0.0697. The summed E-state index contributed by atoms with van der Waals surface area (Å²) in [6, 6.07) is 7.93. The van der Waals surface area contributed by atoms with Crippen LogP contribution in [0.15, 0.2) is 24.3 Å². The molecule has 0 aromatic heterocycles. The second-order valence-electron chi connectivity index (χ2n) is 9.09. The van der Waals surface area contributed by atoms with E-state index in [4.69, 9.17) is 0 Å². The summed E-state index contributed by atoms with van der Waals surface area (Å²) in [5.41, 5.74) is 1.83. The lowest BCUT2D eigenvalue weighted by Gasteiger charge is -2.46. The number of hydrogen-bond donors (Lipinski definition) is 1. The number of benzene rings is 1. The third-order valence-electron chi connectivity index (χ3n) is 5.53. The van der Waals surface area contributed by atoms with Crippen LogP contribution in [0.3, 0.4) is 0 Å². The first-order chi connectivity index (χ1) is 9.59. The minimum absolute atomic E-state index is 0.340. The van der Waals surface area contributed by atoms with E-state index >= 15 is 0 Å². The van der Waals surface area contributed by atoms with Crippen molar-refractivity contribution in [2.45, 2.75) is 66.7 Å². The molecule has 2 rings (SSSR count). The van der Waals surface area contributed by atoms with Crippen LogP contribution in [-0.4, -0.2) is 5.11 Å². The Balaban J connectivity index is 2.31. The number of phenols is 1. The zero-order chi connectivity index (χ0) is 15.8. The van der Waals surface area contributed by atoms with Crippen LogP contribution in [0.1, 0.15) is 72.3 Å². The van der Waals surface area contributed by atoms with E-state index in [2.05, 4.69) is 53.7 Å². The molecule has 118 valence electrons. The van der Waals surface area contributed by atoms with E-state index in [-0.39, 0.29) is 0 Å². The molecule has 2 unspecified atom stereocenters. The van der Waals surface area contributed by atoms with Gasteiger partial charge in [0.1, 0.15) is 5.75 Å². The second-order valence-corrected chi connectivity index (χ2v) is 9.09. The first-order valence-corrected chi connectivity index (χ1v) is 8.37. The summed E-state index contributed by atoms with van der Waals surface area (Å²) in [6.07, 6.45) is 3.72. The van der Waals surface area contributed by atoms with Gasteiger partial charge in [0.05, 0.1) is 0 Å². The van der Waals surface area contributed by atoms with Gasteiger partial charge in [0.25, 0.3) is 0 Å². The van der Waals surface area contributed by atoms with Gasteiger partial charge in [-0.2, -0.15) is 0 Å². The highest BCUT2D eigenvalue weighted by atomic mass is 16.3. The van der Waals surface area contributed by atoms with Crippen molar-refractivity contribution < 1.29 is 5.11 Å². The van der Waals surface area contributed by atoms with Gasteiger partial charge >= 0.3 is 0 Å². The molecule has 1 aliphatic carbocycles. The molecule has 0 spiro atoms. The SMILES string of the molecule is CC(C)(C)C1CC(c2ccccc2O)CC(C(C)(C)C)C1. The van der Waals surface area contributed by atoms with E-state index in [1.807, 2.05) is 12.1 Å². The van der Waals surface area contributed by atoms with Gasteiger partial charge in [-0.05, 0) is 59.5 Å². The van der Waals surface area contributed by atoms with Gasteiger partial charge in [-0.1, -0.05) is 59.7 Å². The van der Waals surface area contributed by atoms with Crippen LogP contribution in [0, 0.1) is 22.7 Å². The van der Waals surface area contributed by atoms with Crippen molar-refractivity contribution >= 4 is 0 Å². The maximum Gasteiger partial charge on any atom is 0.119 e. The molecule has 0 amide bonds. The molecule has 0 radical (unpaired) electrons. The summed E-state index contributed by atoms with van der Waals surface area (Å²) in [4.78, 5) is 0. The highest BCUT2D eigenvalue weighted by Crippen LogP contribution is 2.51. The van der Waals surface area contributed by atoms with Crippen molar-refractivity contribution in [3.8, 4) is 5.75 Å². The molecule has 1 aromatic carbocycles. The quantitative estimate of drug-likeness (QED) is 0.673. The van der Waals surface area contributed by atoms with Crippen LogP contribution in [-0.2, 0) is 0 Å². The Morgan fingerprint density at radius 2 is 1.29 bits per heavy atom. The fourth-order valence-corrected chi connectivity index (χ4v) is 3.82. The summed E-state index contributed by atoms with van der Waals surface area (Å²) in [5.74, 6) is 2.42. The van der Waals surface area contributed by atoms with Crippen LogP contribution >= 0.6 is 0 Å². The van der Waals surface area contributed by atoms with Crippen molar-refractivity contribution in [1.82, 2.24) is 0 Å². The molecular weight excluding hydrogens is 256 g/mol. The molecule has 1 nitrogen and oxygen atoms in total. The Kier molecular flexibility index (Phi) is 4.42. The highest BCUT2D eigenvalue weighted by molar-refractivity contribution is 5.35. The van der Waals surface area contributed by atoms with Gasteiger partial charge in [-0.25, -0.2) is 0 Å². The molecular formula is C20H32O. The predicted molar refractivity (Wildman–Crippen MR) is 90.6 cm³/mol. The fraction of sp³-hybridized carbons (Fsp3) is 0.700. The maximum atomic E-state index is 10.2. The highest BCUT2D eigenvalue weighted by Gasteiger charge is 2.40. The van der Waals surface area contributed by atoms with E-state index < -0.39 is 0 Å². The van der Waals surface area contributed by atoms with Crippen LogP contribution in [0.25, 0.3) is 0 Å². The fourth-order valence-electron chi connectivity index (χ4n) is 3.82. The summed E-state index contributed by atoms with van der Waals surface area (Å²) < 4.78 is 0. The molecule has 0 aliphatic heterocycles. The van der Waals surface area contributed by atoms with Crippen molar-refractivity contribution in [2.24, 2.45) is 22.7 Å². The summed E-state index contributed by atoms with van der Waals surface area (Å²) >= 11 is 0. The topological polar surface area (TPSA) is 20.2 Å². The first-order valence-electron chi connectivity index (χ1n) is 8.37. The summed E-state index contributed by atoms with van der Waals surface area (Å²) in [5, 5.41) is 10.2. The Labute approximate surface area is 130 Å². The van der Waals surface area contributed by atoms with Gasteiger partial charge < -0.3 is 5.11 Å². The first kappa shape index (κ1) is 16.4. The zero-order valence-corrected chi connectivity index (χ0v) is 14.6. The van der Waals surface area contributed by atoms with Gasteiger partial charge in [0.2, 0.25) is 0 Å². The molecule has 21 heavy (non-hydrogen) atoms. The normalized spacial score (nSPS) is 27.6. The van der Waals surface area contributed by atoms with E-state index in [0.717, 1.165) is 17.4 Å². The lowest BCUT2D eigenvalue weighted by atomic mass is 9.59. The summed E-state index contributed by atoms with van der Waals surface area (Å²) in [7, 11) is 0. The van der Waals surface area contributed by atoms with Crippen molar-refractivity contribution in [3.05, 3.63) is 29.8 Å². The lowest BCUT2D eigenvalue weighted by Crippen LogP contribution is -2.35. The van der Waals surface area contributed by atoms with E-state index in [1.54, 1.807) is 0 Å².